The molecule has 0 atom stereocenters. The Morgan fingerprint density at radius 2 is 1.93 bits per heavy atom. The average molecular weight is 211 g/mol. The van der Waals surface area contributed by atoms with Crippen molar-refractivity contribution in [3.63, 3.8) is 0 Å². The molecule has 0 fully saturated rings. The zero-order chi connectivity index (χ0) is 11.7. The Kier molecular flexibility index (Phi) is 6.09. The molecule has 0 rings (SSSR count). The van der Waals surface area contributed by atoms with Crippen LogP contribution in [0, 0.1) is 0 Å². The maximum Gasteiger partial charge on any atom is 0.407 e. The molecule has 0 spiro atoms. The van der Waals surface area contributed by atoms with Crippen molar-refractivity contribution in [2.45, 2.75) is 26.4 Å². The summed E-state index contributed by atoms with van der Waals surface area (Å²) in [6.45, 7) is 5.78. The molecule has 0 heterocycles. The van der Waals surface area contributed by atoms with Crippen molar-refractivity contribution in [2.75, 3.05) is 6.54 Å². The van der Waals surface area contributed by atoms with Gasteiger partial charge in [-0.05, 0) is 26.8 Å². The maximum absolute atomic E-state index is 11.1. The summed E-state index contributed by atoms with van der Waals surface area (Å²) in [6.07, 6.45) is 6.57. The summed E-state index contributed by atoms with van der Waals surface area (Å²) < 4.78 is 5.01. The fraction of sp³-hybridized carbons (Fsp3) is 0.455. The van der Waals surface area contributed by atoms with Crippen molar-refractivity contribution in [3.8, 4) is 0 Å². The van der Waals surface area contributed by atoms with E-state index in [4.69, 9.17) is 4.74 Å². The molecule has 15 heavy (non-hydrogen) atoms. The topological polar surface area (TPSA) is 55.4 Å². The van der Waals surface area contributed by atoms with Gasteiger partial charge < -0.3 is 10.1 Å². The van der Waals surface area contributed by atoms with Gasteiger partial charge in [-0.3, -0.25) is 4.79 Å². The fourth-order valence-electron chi connectivity index (χ4n) is 0.713. The van der Waals surface area contributed by atoms with Crippen LogP contribution >= 0.6 is 0 Å². The SMILES string of the molecule is CC(C)(C)OC(=O)NC/C=C/C=C/C=O. The highest BCUT2D eigenvalue weighted by atomic mass is 16.6. The first-order valence-electron chi connectivity index (χ1n) is 4.69. The smallest absolute Gasteiger partial charge is 0.407 e. The van der Waals surface area contributed by atoms with Crippen LogP contribution < -0.4 is 5.32 Å². The molecular formula is C11H17NO3. The molecule has 0 bridgehead atoms. The van der Waals surface area contributed by atoms with Gasteiger partial charge in [-0.2, -0.15) is 0 Å². The van der Waals surface area contributed by atoms with Gasteiger partial charge in [-0.15, -0.1) is 0 Å². The molecule has 0 aliphatic rings. The Morgan fingerprint density at radius 1 is 1.27 bits per heavy atom. The third-order valence-corrected chi connectivity index (χ3v) is 1.20. The monoisotopic (exact) mass is 211 g/mol. The molecule has 0 saturated heterocycles. The van der Waals surface area contributed by atoms with Crippen molar-refractivity contribution in [3.05, 3.63) is 24.3 Å². The van der Waals surface area contributed by atoms with Gasteiger partial charge in [0.25, 0.3) is 0 Å². The summed E-state index contributed by atoms with van der Waals surface area (Å²) in [5.74, 6) is 0. The van der Waals surface area contributed by atoms with Crippen LogP contribution in [0.1, 0.15) is 20.8 Å². The molecule has 4 nitrogen and oxygen atoms in total. The molecule has 4 heteroatoms. The van der Waals surface area contributed by atoms with E-state index in [0.717, 1.165) is 0 Å². The average Bonchev–Trinajstić information content (AvgIpc) is 2.08. The van der Waals surface area contributed by atoms with E-state index >= 15 is 0 Å². The Labute approximate surface area is 90.0 Å². The summed E-state index contributed by atoms with van der Waals surface area (Å²) in [6, 6.07) is 0. The van der Waals surface area contributed by atoms with Crippen LogP contribution in [0.25, 0.3) is 0 Å². The number of allylic oxidation sites excluding steroid dienone is 3. The molecule has 0 aromatic rings. The summed E-state index contributed by atoms with van der Waals surface area (Å²) in [5.41, 5.74) is -0.481. The zero-order valence-electron chi connectivity index (χ0n) is 9.32. The lowest BCUT2D eigenvalue weighted by molar-refractivity contribution is -0.104. The van der Waals surface area contributed by atoms with Gasteiger partial charge in [-0.25, -0.2) is 4.79 Å². The first-order chi connectivity index (χ1) is 6.95. The second-order valence-corrected chi connectivity index (χ2v) is 3.83. The molecule has 1 amide bonds. The van der Waals surface area contributed by atoms with E-state index in [2.05, 4.69) is 5.32 Å². The van der Waals surface area contributed by atoms with Crippen LogP contribution in [-0.4, -0.2) is 24.5 Å². The maximum atomic E-state index is 11.1. The van der Waals surface area contributed by atoms with Crippen LogP contribution in [-0.2, 0) is 9.53 Å². The van der Waals surface area contributed by atoms with Crippen molar-refractivity contribution in [2.24, 2.45) is 0 Å². The van der Waals surface area contributed by atoms with Gasteiger partial charge >= 0.3 is 6.09 Å². The fourth-order valence-corrected chi connectivity index (χ4v) is 0.713. The van der Waals surface area contributed by atoms with Crippen molar-refractivity contribution >= 4 is 12.4 Å². The van der Waals surface area contributed by atoms with E-state index in [9.17, 15) is 9.59 Å². The van der Waals surface area contributed by atoms with Crippen molar-refractivity contribution < 1.29 is 14.3 Å². The van der Waals surface area contributed by atoms with Gasteiger partial charge in [0, 0.05) is 6.54 Å². The normalized spacial score (nSPS) is 11.9. The first kappa shape index (κ1) is 13.4. The van der Waals surface area contributed by atoms with Crippen LogP contribution in [0.15, 0.2) is 24.3 Å². The van der Waals surface area contributed by atoms with Crippen LogP contribution in [0.4, 0.5) is 4.79 Å². The minimum Gasteiger partial charge on any atom is -0.444 e. The number of hydrogen-bond donors (Lipinski definition) is 1. The lowest BCUT2D eigenvalue weighted by atomic mass is 10.2. The molecule has 1 N–H and O–H groups in total. The minimum atomic E-state index is -0.481. The Hall–Kier alpha value is -1.58. The molecular weight excluding hydrogens is 194 g/mol. The number of aldehydes is 1. The van der Waals surface area contributed by atoms with E-state index < -0.39 is 11.7 Å². The number of rotatable bonds is 4. The highest BCUT2D eigenvalue weighted by molar-refractivity contribution is 5.68. The van der Waals surface area contributed by atoms with Gasteiger partial charge in [0.2, 0.25) is 0 Å². The third kappa shape index (κ3) is 10.3. The van der Waals surface area contributed by atoms with E-state index in [0.29, 0.717) is 12.8 Å². The molecule has 0 radical (unpaired) electrons. The van der Waals surface area contributed by atoms with E-state index in [1.807, 2.05) is 0 Å². The second kappa shape index (κ2) is 6.81. The zero-order valence-corrected chi connectivity index (χ0v) is 9.32. The number of hydrogen-bond acceptors (Lipinski definition) is 3. The lowest BCUT2D eigenvalue weighted by Crippen LogP contribution is -2.32. The summed E-state index contributed by atoms with van der Waals surface area (Å²) in [7, 11) is 0. The molecule has 0 unspecified atom stereocenters. The first-order valence-corrected chi connectivity index (χ1v) is 4.69. The van der Waals surface area contributed by atoms with Gasteiger partial charge in [0.05, 0.1) is 0 Å². The minimum absolute atomic E-state index is 0.373. The predicted molar refractivity (Wildman–Crippen MR) is 58.6 cm³/mol. The standard InChI is InChI=1S/C11H17NO3/c1-11(2,3)15-10(14)12-8-6-4-5-7-9-13/h4-7,9H,8H2,1-3H3,(H,12,14)/b6-4+,7-5+. The lowest BCUT2D eigenvalue weighted by Gasteiger charge is -2.19. The number of nitrogens with one attached hydrogen (secondary N) is 1. The summed E-state index contributed by atoms with van der Waals surface area (Å²) in [4.78, 5) is 21.0. The number of alkyl carbamates (subject to hydrolysis) is 1. The van der Waals surface area contributed by atoms with E-state index in [1.165, 1.54) is 6.08 Å². The number of carbonyl (C=O) groups excluding carboxylic acids is 2. The van der Waals surface area contributed by atoms with Gasteiger partial charge in [-0.1, -0.05) is 18.2 Å². The van der Waals surface area contributed by atoms with Gasteiger partial charge in [0.1, 0.15) is 11.9 Å². The summed E-state index contributed by atoms with van der Waals surface area (Å²) >= 11 is 0. The largest absolute Gasteiger partial charge is 0.444 e. The highest BCUT2D eigenvalue weighted by Crippen LogP contribution is 2.05. The quantitative estimate of drug-likeness (QED) is 0.438. The van der Waals surface area contributed by atoms with Crippen LogP contribution in [0.2, 0.25) is 0 Å². The van der Waals surface area contributed by atoms with E-state index in [1.54, 1.807) is 39.0 Å². The predicted octanol–water partition coefficient (Wildman–Crippen LogP) is 1.82. The Morgan fingerprint density at radius 3 is 2.47 bits per heavy atom. The number of carbonyl (C=O) groups is 2. The summed E-state index contributed by atoms with van der Waals surface area (Å²) in [5, 5.41) is 2.55. The van der Waals surface area contributed by atoms with Crippen LogP contribution in [0.3, 0.4) is 0 Å². The van der Waals surface area contributed by atoms with E-state index in [-0.39, 0.29) is 0 Å². The molecule has 0 aliphatic heterocycles. The second-order valence-electron chi connectivity index (χ2n) is 3.83. The Bertz CT molecular complexity index is 261. The molecule has 0 saturated carbocycles. The Balaban J connectivity index is 3.68. The van der Waals surface area contributed by atoms with Crippen molar-refractivity contribution in [1.82, 2.24) is 5.32 Å². The molecule has 84 valence electrons. The number of ether oxygens (including phenoxy) is 1. The van der Waals surface area contributed by atoms with Crippen molar-refractivity contribution in [1.29, 1.82) is 0 Å². The van der Waals surface area contributed by atoms with Gasteiger partial charge in [0.15, 0.2) is 0 Å². The number of amides is 1. The molecule has 0 aromatic carbocycles. The highest BCUT2D eigenvalue weighted by Gasteiger charge is 2.14. The molecule has 0 aromatic heterocycles. The molecule has 0 aliphatic carbocycles. The van der Waals surface area contributed by atoms with Crippen LogP contribution in [0.5, 0.6) is 0 Å². The third-order valence-electron chi connectivity index (χ3n) is 1.20.